The van der Waals surface area contributed by atoms with Gasteiger partial charge in [0, 0.05) is 7.11 Å². The number of ether oxygens (including phenoxy) is 3. The number of nitrogens with two attached hydrogens (primary N) is 2. The van der Waals surface area contributed by atoms with Gasteiger partial charge in [0.25, 0.3) is 0 Å². The molecule has 0 saturated carbocycles. The van der Waals surface area contributed by atoms with Gasteiger partial charge in [-0.2, -0.15) is 0 Å². The number of benzene rings is 1. The molecule has 18 heavy (non-hydrogen) atoms. The summed E-state index contributed by atoms with van der Waals surface area (Å²) >= 11 is 5.65. The van der Waals surface area contributed by atoms with Gasteiger partial charge in [-0.15, -0.1) is 0 Å². The third-order valence-corrected chi connectivity index (χ3v) is 2.51. The smallest absolute Gasteiger partial charge is 0.187 e. The minimum atomic E-state index is -0.758. The quantitative estimate of drug-likeness (QED) is 0.586. The summed E-state index contributed by atoms with van der Waals surface area (Å²) in [6, 6.07) is 1.35. The molecule has 4 N–H and O–H groups in total. The van der Waals surface area contributed by atoms with Crippen LogP contribution in [0.3, 0.4) is 0 Å². The van der Waals surface area contributed by atoms with E-state index >= 15 is 0 Å². The Bertz CT molecular complexity index is 404. The van der Waals surface area contributed by atoms with Crippen LogP contribution in [0.1, 0.15) is 0 Å². The van der Waals surface area contributed by atoms with Gasteiger partial charge >= 0.3 is 0 Å². The summed E-state index contributed by atoms with van der Waals surface area (Å²) in [6.45, 7) is 1.39. The lowest BCUT2D eigenvalue weighted by Gasteiger charge is -2.12. The van der Waals surface area contributed by atoms with Crippen molar-refractivity contribution in [2.45, 2.75) is 0 Å². The van der Waals surface area contributed by atoms with Gasteiger partial charge in [-0.1, -0.05) is 11.6 Å². The standard InChI is InChI=1S/C11H16ClFN2O3/c1-16-2-3-17-4-5-18-11-8(15)6-7(14)9(12)10(11)13/h6H,2-5,14-15H2,1H3. The molecule has 0 aliphatic heterocycles. The summed E-state index contributed by atoms with van der Waals surface area (Å²) in [6.07, 6.45) is 0. The SMILES string of the molecule is COCCOCCOc1c(N)cc(N)c(Cl)c1F. The third kappa shape index (κ3) is 3.90. The first-order valence-electron chi connectivity index (χ1n) is 5.30. The summed E-state index contributed by atoms with van der Waals surface area (Å²) in [5.41, 5.74) is 11.2. The maximum absolute atomic E-state index is 13.7. The Morgan fingerprint density at radius 1 is 1.17 bits per heavy atom. The van der Waals surface area contributed by atoms with Crippen LogP contribution >= 0.6 is 11.6 Å². The predicted molar refractivity (Wildman–Crippen MR) is 68.4 cm³/mol. The Hall–Kier alpha value is -1.24. The molecule has 0 fully saturated rings. The van der Waals surface area contributed by atoms with Crippen LogP contribution in [0.2, 0.25) is 5.02 Å². The highest BCUT2D eigenvalue weighted by atomic mass is 35.5. The van der Waals surface area contributed by atoms with E-state index < -0.39 is 5.82 Å². The van der Waals surface area contributed by atoms with Crippen LogP contribution in [0.4, 0.5) is 15.8 Å². The average molecular weight is 279 g/mol. The van der Waals surface area contributed by atoms with E-state index in [9.17, 15) is 4.39 Å². The molecule has 0 bridgehead atoms. The molecule has 0 radical (unpaired) electrons. The zero-order chi connectivity index (χ0) is 13.5. The van der Waals surface area contributed by atoms with Crippen molar-refractivity contribution in [3.8, 4) is 5.75 Å². The number of hydrogen-bond donors (Lipinski definition) is 2. The van der Waals surface area contributed by atoms with Gasteiger partial charge in [-0.05, 0) is 6.07 Å². The van der Waals surface area contributed by atoms with E-state index in [0.717, 1.165) is 0 Å². The average Bonchev–Trinajstić information content (AvgIpc) is 2.34. The largest absolute Gasteiger partial charge is 0.486 e. The van der Waals surface area contributed by atoms with Crippen LogP contribution in [-0.4, -0.2) is 33.5 Å². The van der Waals surface area contributed by atoms with Gasteiger partial charge in [0.2, 0.25) is 0 Å². The van der Waals surface area contributed by atoms with Crippen LogP contribution in [0, 0.1) is 5.82 Å². The number of hydrogen-bond acceptors (Lipinski definition) is 5. The zero-order valence-electron chi connectivity index (χ0n) is 10.0. The molecule has 5 nitrogen and oxygen atoms in total. The molecule has 0 atom stereocenters. The first kappa shape index (κ1) is 14.8. The fourth-order valence-electron chi connectivity index (χ4n) is 1.24. The summed E-state index contributed by atoms with van der Waals surface area (Å²) in [7, 11) is 1.58. The minimum Gasteiger partial charge on any atom is -0.486 e. The van der Waals surface area contributed by atoms with Crippen molar-refractivity contribution in [2.75, 3.05) is 45.0 Å². The van der Waals surface area contributed by atoms with Crippen molar-refractivity contribution < 1.29 is 18.6 Å². The Morgan fingerprint density at radius 3 is 2.50 bits per heavy atom. The summed E-state index contributed by atoms with van der Waals surface area (Å²) in [4.78, 5) is 0. The lowest BCUT2D eigenvalue weighted by Crippen LogP contribution is -2.12. The minimum absolute atomic E-state index is 0.0790. The Kier molecular flexibility index (Phi) is 5.97. The summed E-state index contributed by atoms with van der Waals surface area (Å²) < 4.78 is 28.8. The van der Waals surface area contributed by atoms with Gasteiger partial charge in [0.05, 0.1) is 31.2 Å². The van der Waals surface area contributed by atoms with Gasteiger partial charge < -0.3 is 25.7 Å². The normalized spacial score (nSPS) is 10.6. The second kappa shape index (κ2) is 7.25. The van der Waals surface area contributed by atoms with Crippen LogP contribution in [0.15, 0.2) is 6.07 Å². The maximum atomic E-state index is 13.7. The lowest BCUT2D eigenvalue weighted by molar-refractivity contribution is 0.0539. The Balaban J connectivity index is 2.50. The van der Waals surface area contributed by atoms with E-state index in [4.69, 9.17) is 37.3 Å². The Labute approximate surface area is 110 Å². The number of anilines is 2. The maximum Gasteiger partial charge on any atom is 0.187 e. The molecule has 102 valence electrons. The number of methoxy groups -OCH3 is 1. The molecule has 0 aromatic heterocycles. The molecule has 0 saturated heterocycles. The number of rotatable bonds is 7. The fraction of sp³-hybridized carbons (Fsp3) is 0.455. The first-order valence-corrected chi connectivity index (χ1v) is 5.68. The molecule has 0 heterocycles. The molecule has 0 amide bonds. The highest BCUT2D eigenvalue weighted by Crippen LogP contribution is 2.35. The molecule has 1 aromatic rings. The van der Waals surface area contributed by atoms with Crippen molar-refractivity contribution in [2.24, 2.45) is 0 Å². The molecule has 7 heteroatoms. The molecule has 0 spiro atoms. The molecular weight excluding hydrogens is 263 g/mol. The number of halogens is 2. The highest BCUT2D eigenvalue weighted by Gasteiger charge is 2.15. The fourth-order valence-corrected chi connectivity index (χ4v) is 1.38. The van der Waals surface area contributed by atoms with E-state index in [-0.39, 0.29) is 28.8 Å². The Morgan fingerprint density at radius 2 is 1.83 bits per heavy atom. The number of nitrogen functional groups attached to an aromatic ring is 2. The van der Waals surface area contributed by atoms with Crippen molar-refractivity contribution >= 4 is 23.0 Å². The molecule has 1 aromatic carbocycles. The van der Waals surface area contributed by atoms with E-state index in [2.05, 4.69) is 0 Å². The lowest BCUT2D eigenvalue weighted by atomic mass is 10.2. The van der Waals surface area contributed by atoms with Gasteiger partial charge in [-0.3, -0.25) is 0 Å². The monoisotopic (exact) mass is 278 g/mol. The van der Waals surface area contributed by atoms with E-state index in [0.29, 0.717) is 19.8 Å². The van der Waals surface area contributed by atoms with Crippen LogP contribution in [-0.2, 0) is 9.47 Å². The second-order valence-electron chi connectivity index (χ2n) is 3.47. The molecule has 0 unspecified atom stereocenters. The van der Waals surface area contributed by atoms with Crippen molar-refractivity contribution in [3.05, 3.63) is 16.9 Å². The molecular formula is C11H16ClFN2O3. The van der Waals surface area contributed by atoms with Crippen LogP contribution in [0.5, 0.6) is 5.75 Å². The molecule has 0 aliphatic carbocycles. The summed E-state index contributed by atoms with van der Waals surface area (Å²) in [5.74, 6) is -0.865. The van der Waals surface area contributed by atoms with Gasteiger partial charge in [0.15, 0.2) is 11.6 Å². The highest BCUT2D eigenvalue weighted by molar-refractivity contribution is 6.33. The van der Waals surface area contributed by atoms with Crippen molar-refractivity contribution in [1.82, 2.24) is 0 Å². The first-order chi connectivity index (χ1) is 8.57. The molecule has 0 aliphatic rings. The third-order valence-electron chi connectivity index (χ3n) is 2.12. The second-order valence-corrected chi connectivity index (χ2v) is 3.84. The van der Waals surface area contributed by atoms with E-state index in [1.165, 1.54) is 6.07 Å². The van der Waals surface area contributed by atoms with Crippen molar-refractivity contribution in [3.63, 3.8) is 0 Å². The zero-order valence-corrected chi connectivity index (χ0v) is 10.8. The predicted octanol–water partition coefficient (Wildman–Crippen LogP) is 1.69. The topological polar surface area (TPSA) is 79.7 Å². The van der Waals surface area contributed by atoms with E-state index in [1.54, 1.807) is 7.11 Å². The van der Waals surface area contributed by atoms with Crippen molar-refractivity contribution in [1.29, 1.82) is 0 Å². The van der Waals surface area contributed by atoms with Gasteiger partial charge in [0.1, 0.15) is 11.6 Å². The summed E-state index contributed by atoms with van der Waals surface area (Å²) in [5, 5.41) is -0.195. The molecule has 1 rings (SSSR count). The van der Waals surface area contributed by atoms with Gasteiger partial charge in [-0.25, -0.2) is 4.39 Å². The van der Waals surface area contributed by atoms with E-state index in [1.807, 2.05) is 0 Å². The van der Waals surface area contributed by atoms with Crippen LogP contribution < -0.4 is 16.2 Å². The van der Waals surface area contributed by atoms with Crippen LogP contribution in [0.25, 0.3) is 0 Å².